The Morgan fingerprint density at radius 3 is 1.20 bits per heavy atom. The molecule has 0 aliphatic heterocycles. The van der Waals surface area contributed by atoms with Gasteiger partial charge in [-0.3, -0.25) is 9.97 Å². The molecule has 0 amide bonds. The van der Waals surface area contributed by atoms with Crippen LogP contribution in [-0.4, -0.2) is 24.5 Å². The predicted molar refractivity (Wildman–Crippen MR) is 277 cm³/mol. The maximum atomic E-state index is 4.50. The van der Waals surface area contributed by atoms with Crippen LogP contribution in [0.5, 0.6) is 0 Å². The first-order valence-electron chi connectivity index (χ1n) is 22.1. The molecule has 3 aromatic heterocycles. The summed E-state index contributed by atoms with van der Waals surface area (Å²) in [7, 11) is 0. The zero-order chi connectivity index (χ0) is 42.8. The van der Waals surface area contributed by atoms with Crippen LogP contribution in [0.1, 0.15) is 0 Å². The predicted octanol–water partition coefficient (Wildman–Crippen LogP) is 16.5. The average Bonchev–Trinajstić information content (AvgIpc) is 3.76. The second kappa shape index (κ2) is 15.4. The summed E-state index contributed by atoms with van der Waals surface area (Å²) in [6.07, 6.45) is 7.57. The van der Waals surface area contributed by atoms with Crippen molar-refractivity contribution in [2.24, 2.45) is 0 Å². The van der Waals surface area contributed by atoms with E-state index in [0.717, 1.165) is 22.3 Å². The quantitative estimate of drug-likeness (QED) is 0.123. The van der Waals surface area contributed by atoms with Crippen LogP contribution < -0.4 is 0 Å². The van der Waals surface area contributed by atoms with E-state index in [9.17, 15) is 0 Å². The first-order chi connectivity index (χ1) is 32.3. The monoisotopic (exact) mass is 890 g/mol. The van der Waals surface area contributed by atoms with Gasteiger partial charge < -0.3 is 0 Å². The average molecular weight is 890 g/mol. The molecule has 3 heteroatoms. The van der Waals surface area contributed by atoms with E-state index in [-0.39, 0.29) is 14.5 Å². The van der Waals surface area contributed by atoms with Gasteiger partial charge in [-0.2, -0.15) is 0 Å². The standard InChI is InChI=1S/C62H38N2Se/c1-2-15-39(16-3-1)58-50-23-8-10-25-52(50)61(53-26-11-9-24-51(53)58)55-28-12-27-54-56-36-40(29-30-57(56)65-62(54)55)59-46-19-4-6-21-48(46)60(49-22-7-5-20-47(49)59)45-34-43(41-17-13-31-63-37-41)33-44(35-45)42-18-14-32-64-38-42/h1-38H. The minimum absolute atomic E-state index is 0.124. The minimum atomic E-state index is 0.124. The molecule has 0 aliphatic rings. The maximum absolute atomic E-state index is 4.50. The molecule has 0 unspecified atom stereocenters. The first kappa shape index (κ1) is 37.6. The number of hydrogen-bond acceptors (Lipinski definition) is 2. The van der Waals surface area contributed by atoms with Crippen molar-refractivity contribution in [2.45, 2.75) is 0 Å². The van der Waals surface area contributed by atoms with Gasteiger partial charge in [0, 0.05) is 24.8 Å². The van der Waals surface area contributed by atoms with Crippen molar-refractivity contribution in [3.63, 3.8) is 0 Å². The van der Waals surface area contributed by atoms with Crippen LogP contribution in [0.25, 0.3) is 129 Å². The van der Waals surface area contributed by atoms with E-state index in [4.69, 9.17) is 0 Å². The van der Waals surface area contributed by atoms with Gasteiger partial charge in [-0.15, -0.1) is 0 Å². The molecule has 0 aliphatic carbocycles. The number of pyridine rings is 2. The molecule has 0 fully saturated rings. The van der Waals surface area contributed by atoms with Crippen LogP contribution in [0.15, 0.2) is 231 Å². The molecule has 10 aromatic carbocycles. The third kappa shape index (κ3) is 6.16. The van der Waals surface area contributed by atoms with E-state index in [1.165, 1.54) is 107 Å². The van der Waals surface area contributed by atoms with Crippen molar-refractivity contribution in [3.05, 3.63) is 231 Å². The third-order valence-electron chi connectivity index (χ3n) is 13.2. The summed E-state index contributed by atoms with van der Waals surface area (Å²) < 4.78 is 2.89. The number of hydrogen-bond donors (Lipinski definition) is 0. The summed E-state index contributed by atoms with van der Waals surface area (Å²) in [5, 5.41) is 12.8. The Morgan fingerprint density at radius 1 is 0.262 bits per heavy atom. The van der Waals surface area contributed by atoms with Crippen molar-refractivity contribution in [1.29, 1.82) is 0 Å². The summed E-state index contributed by atoms with van der Waals surface area (Å²) in [4.78, 5) is 8.99. The van der Waals surface area contributed by atoms with Crippen LogP contribution in [0, 0.1) is 0 Å². The molecule has 0 N–H and O–H groups in total. The number of nitrogens with zero attached hydrogens (tertiary/aromatic N) is 2. The Morgan fingerprint density at radius 2 is 0.692 bits per heavy atom. The van der Waals surface area contributed by atoms with E-state index in [1.54, 1.807) is 0 Å². The normalized spacial score (nSPS) is 11.7. The van der Waals surface area contributed by atoms with Gasteiger partial charge in [-0.25, -0.2) is 0 Å². The summed E-state index contributed by atoms with van der Waals surface area (Å²) in [5.74, 6) is 0. The molecule has 302 valence electrons. The van der Waals surface area contributed by atoms with Crippen molar-refractivity contribution in [2.75, 3.05) is 0 Å². The van der Waals surface area contributed by atoms with Gasteiger partial charge in [-0.05, 0) is 12.1 Å². The Balaban J connectivity index is 1.03. The summed E-state index contributed by atoms with van der Waals surface area (Å²) in [5.41, 5.74) is 14.5. The van der Waals surface area contributed by atoms with Crippen LogP contribution in [0.2, 0.25) is 0 Å². The Bertz CT molecular complexity index is 3810. The van der Waals surface area contributed by atoms with E-state index in [1.807, 2.05) is 36.9 Å². The molecule has 3 heterocycles. The Hall–Kier alpha value is -7.94. The van der Waals surface area contributed by atoms with Gasteiger partial charge >= 0.3 is 326 Å². The Labute approximate surface area is 382 Å². The van der Waals surface area contributed by atoms with Gasteiger partial charge in [0.15, 0.2) is 0 Å². The number of benzene rings is 10. The van der Waals surface area contributed by atoms with Gasteiger partial charge in [-0.1, -0.05) is 12.1 Å². The molecule has 0 spiro atoms. The third-order valence-corrected chi connectivity index (χ3v) is 15.8. The summed E-state index contributed by atoms with van der Waals surface area (Å²) in [6.45, 7) is 0. The molecule has 0 saturated carbocycles. The summed E-state index contributed by atoms with van der Waals surface area (Å²) in [6, 6.07) is 76.4. The van der Waals surface area contributed by atoms with Crippen molar-refractivity contribution >= 4 is 76.9 Å². The molecule has 0 radical (unpaired) electrons. The molecular formula is C62H38N2Se. The van der Waals surface area contributed by atoms with Gasteiger partial charge in [0.25, 0.3) is 0 Å². The van der Waals surface area contributed by atoms with Gasteiger partial charge in [0.1, 0.15) is 0 Å². The van der Waals surface area contributed by atoms with Crippen molar-refractivity contribution in [3.8, 4) is 66.8 Å². The van der Waals surface area contributed by atoms with Gasteiger partial charge in [0.05, 0.1) is 0 Å². The van der Waals surface area contributed by atoms with E-state index in [0.29, 0.717) is 0 Å². The fourth-order valence-corrected chi connectivity index (χ4v) is 12.9. The SMILES string of the molecule is c1ccc(-c2c3ccccc3c(-c3cccc4c3[se]c3ccc(-c5c6ccccc6c(-c6cc(-c7cccnc7)cc(-c7cccnc7)c6)c6ccccc56)cc34)c3ccccc23)cc1. The van der Waals surface area contributed by atoms with Crippen molar-refractivity contribution in [1.82, 2.24) is 9.97 Å². The molecule has 0 saturated heterocycles. The molecule has 13 aromatic rings. The zero-order valence-corrected chi connectivity index (χ0v) is 37.0. The topological polar surface area (TPSA) is 25.8 Å². The fourth-order valence-electron chi connectivity index (χ4n) is 10.4. The molecule has 0 bridgehead atoms. The van der Waals surface area contributed by atoms with Crippen LogP contribution in [0.4, 0.5) is 0 Å². The van der Waals surface area contributed by atoms with Gasteiger partial charge in [0.2, 0.25) is 0 Å². The van der Waals surface area contributed by atoms with E-state index < -0.39 is 0 Å². The van der Waals surface area contributed by atoms with Crippen LogP contribution in [0.3, 0.4) is 0 Å². The number of rotatable bonds is 6. The van der Waals surface area contributed by atoms with E-state index >= 15 is 0 Å². The molecular weight excluding hydrogens is 852 g/mol. The van der Waals surface area contributed by atoms with E-state index in [2.05, 4.69) is 204 Å². The Kier molecular flexibility index (Phi) is 8.91. The molecule has 0 atom stereocenters. The molecule has 65 heavy (non-hydrogen) atoms. The second-order valence-electron chi connectivity index (χ2n) is 16.8. The summed E-state index contributed by atoms with van der Waals surface area (Å²) >= 11 is 0.124. The second-order valence-corrected chi connectivity index (χ2v) is 19.0. The van der Waals surface area contributed by atoms with Crippen LogP contribution >= 0.6 is 0 Å². The number of aromatic nitrogens is 2. The first-order valence-corrected chi connectivity index (χ1v) is 23.8. The number of fused-ring (bicyclic) bond motifs is 7. The molecule has 2 nitrogen and oxygen atoms in total. The van der Waals surface area contributed by atoms with Crippen molar-refractivity contribution < 1.29 is 0 Å². The van der Waals surface area contributed by atoms with Crippen LogP contribution in [-0.2, 0) is 0 Å². The molecule has 13 rings (SSSR count). The zero-order valence-electron chi connectivity index (χ0n) is 35.2. The fraction of sp³-hybridized carbons (Fsp3) is 0.